The lowest BCUT2D eigenvalue weighted by molar-refractivity contribution is -0.131. The summed E-state index contributed by atoms with van der Waals surface area (Å²) in [6.07, 6.45) is 0.321. The van der Waals surface area contributed by atoms with Crippen LogP contribution in [-0.4, -0.2) is 30.9 Å². The molecule has 0 aliphatic rings. The van der Waals surface area contributed by atoms with Crippen LogP contribution < -0.4 is 11.5 Å². The maximum Gasteiger partial charge on any atom is 0.224 e. The number of nitrogens with two attached hydrogens (primary N) is 2. The van der Waals surface area contributed by atoms with E-state index in [1.165, 1.54) is 0 Å². The lowest BCUT2D eigenvalue weighted by atomic mass is 9.93. The maximum absolute atomic E-state index is 12.1. The zero-order chi connectivity index (χ0) is 14.5. The van der Waals surface area contributed by atoms with Gasteiger partial charge < -0.3 is 16.4 Å². The summed E-state index contributed by atoms with van der Waals surface area (Å²) in [5, 5.41) is 0. The number of amides is 1. The summed E-state index contributed by atoms with van der Waals surface area (Å²) >= 11 is 0. The molecule has 0 fully saturated rings. The average Bonchev–Trinajstić information content (AvgIpc) is 2.39. The Bertz CT molecular complexity index is 403. The zero-order valence-corrected chi connectivity index (χ0v) is 12.1. The smallest absolute Gasteiger partial charge is 0.224 e. The fraction of sp³-hybridized carbons (Fsp3) is 0.533. The van der Waals surface area contributed by atoms with E-state index in [1.54, 1.807) is 11.9 Å². The van der Waals surface area contributed by atoms with Crippen molar-refractivity contribution in [2.24, 2.45) is 16.9 Å². The van der Waals surface area contributed by atoms with Gasteiger partial charge in [-0.2, -0.15) is 0 Å². The molecule has 0 spiro atoms. The minimum absolute atomic E-state index is 0.0536. The van der Waals surface area contributed by atoms with E-state index in [1.807, 2.05) is 44.2 Å². The topological polar surface area (TPSA) is 72.3 Å². The van der Waals surface area contributed by atoms with Crippen molar-refractivity contribution in [2.45, 2.75) is 26.3 Å². The summed E-state index contributed by atoms with van der Waals surface area (Å²) in [5.41, 5.74) is 12.7. The highest BCUT2D eigenvalue weighted by atomic mass is 16.2. The number of carbonyl (C=O) groups is 1. The molecule has 106 valence electrons. The van der Waals surface area contributed by atoms with Crippen LogP contribution in [-0.2, 0) is 4.79 Å². The van der Waals surface area contributed by atoms with E-state index in [-0.39, 0.29) is 17.4 Å². The largest absolute Gasteiger partial charge is 0.345 e. The highest BCUT2D eigenvalue weighted by Crippen LogP contribution is 2.17. The first kappa shape index (κ1) is 15.7. The molecule has 0 saturated carbocycles. The maximum atomic E-state index is 12.1. The summed E-state index contributed by atoms with van der Waals surface area (Å²) in [6, 6.07) is 9.44. The number of rotatable bonds is 6. The van der Waals surface area contributed by atoms with Crippen LogP contribution in [0.5, 0.6) is 0 Å². The van der Waals surface area contributed by atoms with Gasteiger partial charge in [-0.3, -0.25) is 4.79 Å². The van der Waals surface area contributed by atoms with Crippen molar-refractivity contribution >= 4 is 5.91 Å². The van der Waals surface area contributed by atoms with Gasteiger partial charge in [0, 0.05) is 26.1 Å². The third-order valence-corrected chi connectivity index (χ3v) is 3.27. The number of nitrogens with zero attached hydrogens (tertiary/aromatic N) is 1. The molecule has 0 saturated heterocycles. The Morgan fingerprint density at radius 2 is 1.89 bits per heavy atom. The van der Waals surface area contributed by atoms with Gasteiger partial charge in [0.15, 0.2) is 0 Å². The average molecular weight is 263 g/mol. The molecule has 1 unspecified atom stereocenters. The van der Waals surface area contributed by atoms with Crippen LogP contribution in [0.15, 0.2) is 30.3 Å². The molecule has 0 aliphatic carbocycles. The Morgan fingerprint density at radius 1 is 1.32 bits per heavy atom. The van der Waals surface area contributed by atoms with Gasteiger partial charge in [0.2, 0.25) is 5.91 Å². The molecule has 0 aromatic heterocycles. The second-order valence-electron chi connectivity index (χ2n) is 5.84. The Hall–Kier alpha value is -1.39. The lowest BCUT2D eigenvalue weighted by Gasteiger charge is -2.29. The van der Waals surface area contributed by atoms with Gasteiger partial charge in [-0.25, -0.2) is 0 Å². The fourth-order valence-electron chi connectivity index (χ4n) is 1.96. The predicted molar refractivity (Wildman–Crippen MR) is 78.5 cm³/mol. The van der Waals surface area contributed by atoms with Crippen LogP contribution in [0.2, 0.25) is 0 Å². The number of benzene rings is 1. The van der Waals surface area contributed by atoms with Crippen LogP contribution in [0, 0.1) is 5.41 Å². The molecule has 4 N–H and O–H groups in total. The minimum Gasteiger partial charge on any atom is -0.345 e. The van der Waals surface area contributed by atoms with Crippen molar-refractivity contribution in [3.8, 4) is 0 Å². The number of hydrogen-bond acceptors (Lipinski definition) is 3. The Kier molecular flexibility index (Phi) is 5.51. The van der Waals surface area contributed by atoms with Gasteiger partial charge in [0.05, 0.1) is 0 Å². The minimum atomic E-state index is -0.253. The fourth-order valence-corrected chi connectivity index (χ4v) is 1.96. The van der Waals surface area contributed by atoms with Gasteiger partial charge in [0.1, 0.15) is 0 Å². The van der Waals surface area contributed by atoms with E-state index < -0.39 is 0 Å². The molecular weight excluding hydrogens is 238 g/mol. The van der Waals surface area contributed by atoms with Crippen molar-refractivity contribution in [1.82, 2.24) is 4.90 Å². The molecule has 1 atom stereocenters. The Morgan fingerprint density at radius 3 is 2.42 bits per heavy atom. The molecule has 0 bridgehead atoms. The summed E-state index contributed by atoms with van der Waals surface area (Å²) in [5.74, 6) is 0.0536. The van der Waals surface area contributed by atoms with Crippen molar-refractivity contribution in [3.63, 3.8) is 0 Å². The third-order valence-electron chi connectivity index (χ3n) is 3.27. The summed E-state index contributed by atoms with van der Waals surface area (Å²) in [7, 11) is 1.80. The van der Waals surface area contributed by atoms with Gasteiger partial charge in [-0.15, -0.1) is 0 Å². The monoisotopic (exact) mass is 263 g/mol. The molecule has 0 aliphatic heterocycles. The van der Waals surface area contributed by atoms with Crippen LogP contribution in [0.1, 0.15) is 31.9 Å². The van der Waals surface area contributed by atoms with Gasteiger partial charge in [-0.1, -0.05) is 44.2 Å². The van der Waals surface area contributed by atoms with E-state index in [2.05, 4.69) is 0 Å². The molecule has 1 amide bonds. The lowest BCUT2D eigenvalue weighted by Crippen LogP contribution is -2.40. The third kappa shape index (κ3) is 5.01. The second kappa shape index (κ2) is 6.68. The number of hydrogen-bond donors (Lipinski definition) is 2. The molecule has 1 rings (SSSR count). The predicted octanol–water partition coefficient (Wildman–Crippen LogP) is 1.52. The van der Waals surface area contributed by atoms with Crippen LogP contribution in [0.3, 0.4) is 0 Å². The molecule has 1 aromatic rings. The molecule has 4 heteroatoms. The second-order valence-corrected chi connectivity index (χ2v) is 5.84. The van der Waals surface area contributed by atoms with Crippen molar-refractivity contribution in [1.29, 1.82) is 0 Å². The zero-order valence-electron chi connectivity index (χ0n) is 12.1. The Labute approximate surface area is 115 Å². The summed E-state index contributed by atoms with van der Waals surface area (Å²) < 4.78 is 0. The quantitative estimate of drug-likeness (QED) is 0.817. The van der Waals surface area contributed by atoms with Gasteiger partial charge >= 0.3 is 0 Å². The molecule has 1 aromatic carbocycles. The van der Waals surface area contributed by atoms with Crippen molar-refractivity contribution in [3.05, 3.63) is 35.9 Å². The van der Waals surface area contributed by atoms with E-state index in [0.29, 0.717) is 19.5 Å². The highest BCUT2D eigenvalue weighted by molar-refractivity contribution is 5.76. The van der Waals surface area contributed by atoms with E-state index >= 15 is 0 Å². The van der Waals surface area contributed by atoms with E-state index in [4.69, 9.17) is 11.5 Å². The SMILES string of the molecule is CN(CC(C)(C)CN)C(=O)CC(N)c1ccccc1. The van der Waals surface area contributed by atoms with Crippen LogP contribution in [0.25, 0.3) is 0 Å². The van der Waals surface area contributed by atoms with Crippen LogP contribution >= 0.6 is 0 Å². The van der Waals surface area contributed by atoms with Crippen LogP contribution in [0.4, 0.5) is 0 Å². The molecule has 4 nitrogen and oxygen atoms in total. The van der Waals surface area contributed by atoms with Gasteiger partial charge in [-0.05, 0) is 17.5 Å². The normalized spacial score (nSPS) is 13.1. The Balaban J connectivity index is 2.55. The number of carbonyl (C=O) groups excluding carboxylic acids is 1. The molecule has 0 heterocycles. The first-order chi connectivity index (χ1) is 8.85. The standard InChI is InChI=1S/C15H25N3O/c1-15(2,10-16)11-18(3)14(19)9-13(17)12-7-5-4-6-8-12/h4-8,13H,9-11,16-17H2,1-3H3. The van der Waals surface area contributed by atoms with E-state index in [0.717, 1.165) is 5.56 Å². The molecular formula is C15H25N3O. The molecule has 0 radical (unpaired) electrons. The van der Waals surface area contributed by atoms with Gasteiger partial charge in [0.25, 0.3) is 0 Å². The summed E-state index contributed by atoms with van der Waals surface area (Å²) in [6.45, 7) is 5.29. The van der Waals surface area contributed by atoms with Crippen molar-refractivity contribution in [2.75, 3.05) is 20.1 Å². The van der Waals surface area contributed by atoms with Crippen molar-refractivity contribution < 1.29 is 4.79 Å². The molecule has 19 heavy (non-hydrogen) atoms. The summed E-state index contributed by atoms with van der Waals surface area (Å²) in [4.78, 5) is 13.8. The first-order valence-corrected chi connectivity index (χ1v) is 6.60. The first-order valence-electron chi connectivity index (χ1n) is 6.60. The highest BCUT2D eigenvalue weighted by Gasteiger charge is 2.22. The van der Waals surface area contributed by atoms with E-state index in [9.17, 15) is 4.79 Å².